The highest BCUT2D eigenvalue weighted by molar-refractivity contribution is 5.88. The molecular formula is C26H30N2O4. The van der Waals surface area contributed by atoms with Gasteiger partial charge in [-0.3, -0.25) is 4.90 Å². The summed E-state index contributed by atoms with van der Waals surface area (Å²) >= 11 is 0. The normalized spacial score (nSPS) is 25.0. The zero-order chi connectivity index (χ0) is 22.5. The Kier molecular flexibility index (Phi) is 5.22. The van der Waals surface area contributed by atoms with E-state index in [0.29, 0.717) is 11.5 Å². The molecular weight excluding hydrogens is 404 g/mol. The largest absolute Gasteiger partial charge is 0.496 e. The van der Waals surface area contributed by atoms with Crippen LogP contribution in [0.5, 0.6) is 5.75 Å². The Morgan fingerprint density at radius 1 is 1.25 bits per heavy atom. The molecule has 2 heterocycles. The van der Waals surface area contributed by atoms with E-state index in [2.05, 4.69) is 35.9 Å². The van der Waals surface area contributed by atoms with E-state index in [0.717, 1.165) is 49.4 Å². The topological polar surface area (TPSA) is 74.8 Å². The molecule has 0 amide bonds. The smallest absolute Gasteiger partial charge is 0.335 e. The molecule has 1 aromatic heterocycles. The summed E-state index contributed by atoms with van der Waals surface area (Å²) in [6, 6.07) is 11.7. The van der Waals surface area contributed by atoms with Crippen LogP contribution in [0.2, 0.25) is 0 Å². The van der Waals surface area contributed by atoms with Gasteiger partial charge < -0.3 is 19.6 Å². The number of nitrogens with zero attached hydrogens (tertiary/aromatic N) is 1. The van der Waals surface area contributed by atoms with E-state index >= 15 is 0 Å². The minimum Gasteiger partial charge on any atom is -0.496 e. The maximum atomic E-state index is 11.3. The van der Waals surface area contributed by atoms with Crippen molar-refractivity contribution in [2.45, 2.75) is 44.9 Å². The minimum atomic E-state index is -0.899. The predicted octanol–water partition coefficient (Wildman–Crippen LogP) is 4.93. The summed E-state index contributed by atoms with van der Waals surface area (Å²) in [5.74, 6) is 0.548. The summed E-state index contributed by atoms with van der Waals surface area (Å²) in [5, 5.41) is 10.5. The van der Waals surface area contributed by atoms with Crippen molar-refractivity contribution in [1.29, 1.82) is 0 Å². The van der Waals surface area contributed by atoms with Crippen molar-refractivity contribution < 1.29 is 19.4 Å². The Hall–Kier alpha value is -2.83. The van der Waals surface area contributed by atoms with Crippen LogP contribution in [0.3, 0.4) is 0 Å². The number of aromatic amines is 1. The van der Waals surface area contributed by atoms with Gasteiger partial charge in [-0.05, 0) is 62.1 Å². The third kappa shape index (κ3) is 3.48. The van der Waals surface area contributed by atoms with Crippen LogP contribution in [-0.2, 0) is 11.3 Å². The number of likely N-dealkylation sites (tertiary alicyclic amines) is 1. The summed E-state index contributed by atoms with van der Waals surface area (Å²) in [5.41, 5.74) is 4.91. The third-order valence-electron chi connectivity index (χ3n) is 7.28. The molecule has 1 aliphatic heterocycles. The van der Waals surface area contributed by atoms with Gasteiger partial charge in [0, 0.05) is 54.3 Å². The van der Waals surface area contributed by atoms with Gasteiger partial charge in [-0.1, -0.05) is 12.1 Å². The Morgan fingerprint density at radius 2 is 2.03 bits per heavy atom. The number of fused-ring (bicyclic) bond motifs is 2. The van der Waals surface area contributed by atoms with Crippen LogP contribution in [0.15, 0.2) is 42.6 Å². The second kappa shape index (κ2) is 7.94. The molecule has 5 rings (SSSR count). The number of ether oxygens (including phenoxy) is 2. The fourth-order valence-electron chi connectivity index (χ4n) is 5.56. The number of methoxy groups -OCH3 is 1. The fraction of sp³-hybridized carbons (Fsp3) is 0.423. The molecule has 3 aromatic rings. The maximum absolute atomic E-state index is 11.3. The lowest BCUT2D eigenvalue weighted by atomic mass is 9.91. The molecule has 2 aromatic carbocycles. The predicted molar refractivity (Wildman–Crippen MR) is 123 cm³/mol. The second-order valence-electron chi connectivity index (χ2n) is 9.12. The lowest BCUT2D eigenvalue weighted by Crippen LogP contribution is -2.41. The van der Waals surface area contributed by atoms with Gasteiger partial charge in [0.05, 0.1) is 18.3 Å². The number of rotatable bonds is 7. The molecule has 2 aliphatic rings. The van der Waals surface area contributed by atoms with Crippen LogP contribution in [0.4, 0.5) is 0 Å². The average Bonchev–Trinajstić information content (AvgIpc) is 3.24. The van der Waals surface area contributed by atoms with Gasteiger partial charge in [-0.25, -0.2) is 4.79 Å². The number of hydrogen-bond donors (Lipinski definition) is 2. The second-order valence-corrected chi connectivity index (χ2v) is 9.12. The van der Waals surface area contributed by atoms with Crippen molar-refractivity contribution >= 4 is 16.9 Å². The van der Waals surface area contributed by atoms with Gasteiger partial charge in [-0.2, -0.15) is 0 Å². The number of carboxylic acids is 1. The van der Waals surface area contributed by atoms with E-state index in [1.54, 1.807) is 19.2 Å². The molecule has 2 N–H and O–H groups in total. The summed E-state index contributed by atoms with van der Waals surface area (Å²) in [4.78, 5) is 17.2. The SMILES string of the molecule is CCOC12CC(c3ccc(C(=O)O)cc3)N(Cc3c(OC)cc(C)c4[nH]ccc34)CC1C2. The molecule has 1 saturated heterocycles. The molecule has 1 aliphatic carbocycles. The number of H-pyrrole nitrogens is 1. The molecule has 3 atom stereocenters. The van der Waals surface area contributed by atoms with E-state index in [9.17, 15) is 9.90 Å². The van der Waals surface area contributed by atoms with E-state index in [-0.39, 0.29) is 11.6 Å². The first-order chi connectivity index (χ1) is 15.5. The summed E-state index contributed by atoms with van der Waals surface area (Å²) in [6.45, 7) is 6.60. The number of carbonyl (C=O) groups is 1. The van der Waals surface area contributed by atoms with Gasteiger partial charge in [0.25, 0.3) is 0 Å². The number of carboxylic acid groups (broad SMARTS) is 1. The Morgan fingerprint density at radius 3 is 2.72 bits per heavy atom. The minimum absolute atomic E-state index is 0.0395. The molecule has 0 spiro atoms. The van der Waals surface area contributed by atoms with Gasteiger partial charge in [0.1, 0.15) is 5.75 Å². The fourth-order valence-corrected chi connectivity index (χ4v) is 5.56. The molecule has 6 nitrogen and oxygen atoms in total. The highest BCUT2D eigenvalue weighted by atomic mass is 16.5. The number of nitrogens with one attached hydrogen (secondary N) is 1. The zero-order valence-corrected chi connectivity index (χ0v) is 18.9. The van der Waals surface area contributed by atoms with Crippen molar-refractivity contribution in [2.24, 2.45) is 5.92 Å². The van der Waals surface area contributed by atoms with Crippen molar-refractivity contribution in [3.05, 3.63) is 64.8 Å². The van der Waals surface area contributed by atoms with Crippen molar-refractivity contribution in [3.8, 4) is 5.75 Å². The van der Waals surface area contributed by atoms with Crippen LogP contribution in [-0.4, -0.2) is 46.8 Å². The van der Waals surface area contributed by atoms with Crippen LogP contribution in [0, 0.1) is 12.8 Å². The molecule has 3 unspecified atom stereocenters. The Labute approximate surface area is 188 Å². The van der Waals surface area contributed by atoms with E-state index in [1.807, 2.05) is 18.3 Å². The first kappa shape index (κ1) is 21.0. The van der Waals surface area contributed by atoms with Gasteiger partial charge in [0.2, 0.25) is 0 Å². The zero-order valence-electron chi connectivity index (χ0n) is 18.9. The number of aromatic carboxylic acids is 1. The molecule has 1 saturated carbocycles. The number of aryl methyl sites for hydroxylation is 1. The van der Waals surface area contributed by atoms with Crippen LogP contribution in [0.25, 0.3) is 10.9 Å². The van der Waals surface area contributed by atoms with Crippen molar-refractivity contribution in [3.63, 3.8) is 0 Å². The third-order valence-corrected chi connectivity index (χ3v) is 7.28. The highest BCUT2D eigenvalue weighted by Gasteiger charge is 2.60. The number of aromatic nitrogens is 1. The maximum Gasteiger partial charge on any atom is 0.335 e. The van der Waals surface area contributed by atoms with Crippen molar-refractivity contribution in [2.75, 3.05) is 20.3 Å². The van der Waals surface area contributed by atoms with Gasteiger partial charge >= 0.3 is 5.97 Å². The number of hydrogen-bond acceptors (Lipinski definition) is 4. The molecule has 0 radical (unpaired) electrons. The quantitative estimate of drug-likeness (QED) is 0.552. The highest BCUT2D eigenvalue weighted by Crippen LogP contribution is 2.57. The lowest BCUT2D eigenvalue weighted by Gasteiger charge is -2.40. The average molecular weight is 435 g/mol. The molecule has 32 heavy (non-hydrogen) atoms. The van der Waals surface area contributed by atoms with E-state index < -0.39 is 5.97 Å². The lowest BCUT2D eigenvalue weighted by molar-refractivity contribution is -0.0308. The van der Waals surface area contributed by atoms with Gasteiger partial charge in [0.15, 0.2) is 0 Å². The first-order valence-corrected chi connectivity index (χ1v) is 11.3. The standard InChI is InChI=1S/C26H30N2O4/c1-4-32-26-12-19(26)14-28(22(13-26)17-5-7-18(8-6-17)25(29)30)15-21-20-9-10-27-24(20)16(2)11-23(21)31-3/h5-11,19,22,27H,4,12-15H2,1-3H3,(H,29,30). The summed E-state index contributed by atoms with van der Waals surface area (Å²) < 4.78 is 12.0. The van der Waals surface area contributed by atoms with Crippen LogP contribution < -0.4 is 4.74 Å². The van der Waals surface area contributed by atoms with E-state index in [4.69, 9.17) is 9.47 Å². The molecule has 168 valence electrons. The van der Waals surface area contributed by atoms with Crippen LogP contribution in [0.1, 0.15) is 52.9 Å². The Balaban J connectivity index is 1.52. The van der Waals surface area contributed by atoms with Gasteiger partial charge in [-0.15, -0.1) is 0 Å². The van der Waals surface area contributed by atoms with Crippen LogP contribution >= 0.6 is 0 Å². The molecule has 2 fully saturated rings. The summed E-state index contributed by atoms with van der Waals surface area (Å²) in [6.07, 6.45) is 3.99. The Bertz CT molecular complexity index is 1150. The molecule has 6 heteroatoms. The summed E-state index contributed by atoms with van der Waals surface area (Å²) in [7, 11) is 1.73. The van der Waals surface area contributed by atoms with Crippen molar-refractivity contribution in [1.82, 2.24) is 9.88 Å². The number of piperidine rings is 1. The monoisotopic (exact) mass is 434 g/mol. The number of benzene rings is 2. The molecule has 0 bridgehead atoms. The van der Waals surface area contributed by atoms with E-state index in [1.165, 1.54) is 16.5 Å². The first-order valence-electron chi connectivity index (χ1n) is 11.3.